The lowest BCUT2D eigenvalue weighted by molar-refractivity contribution is -0.137. The Hall–Kier alpha value is -3.10. The van der Waals surface area contributed by atoms with Crippen LogP contribution in [0.2, 0.25) is 0 Å². The van der Waals surface area contributed by atoms with Gasteiger partial charge in [-0.05, 0) is 31.5 Å². The number of anilines is 2. The van der Waals surface area contributed by atoms with Crippen molar-refractivity contribution < 1.29 is 32.0 Å². The van der Waals surface area contributed by atoms with E-state index in [1.807, 2.05) is 0 Å². The predicted octanol–water partition coefficient (Wildman–Crippen LogP) is 4.34. The van der Waals surface area contributed by atoms with E-state index < -0.39 is 29.2 Å². The van der Waals surface area contributed by atoms with E-state index in [1.54, 1.807) is 0 Å². The van der Waals surface area contributed by atoms with E-state index in [-0.39, 0.29) is 17.2 Å². The van der Waals surface area contributed by atoms with Crippen molar-refractivity contribution in [3.05, 3.63) is 46.4 Å². The van der Waals surface area contributed by atoms with Crippen LogP contribution in [0.5, 0.6) is 0 Å². The molecule has 2 aromatic rings. The van der Waals surface area contributed by atoms with Crippen LogP contribution in [0.15, 0.2) is 22.6 Å². The molecule has 0 saturated carbocycles. The van der Waals surface area contributed by atoms with E-state index in [4.69, 9.17) is 4.42 Å². The van der Waals surface area contributed by atoms with Gasteiger partial charge < -0.3 is 15.1 Å². The molecule has 2 amide bonds. The quantitative estimate of drug-likeness (QED) is 0.811. The fourth-order valence-electron chi connectivity index (χ4n) is 3.21. The largest absolute Gasteiger partial charge is 0.455 e. The standard InChI is InChI=1S/C19H17F3N2O4/c1-9-16-14(26)4-3-5-15(16)28-17(9)18(27)24-13-7-6-11(23-10(2)25)8-12(13)19(20,21)22/h6-8H,3-5H2,1-2H3,(H,23,25)(H,24,27). The summed E-state index contributed by atoms with van der Waals surface area (Å²) in [6.45, 7) is 2.71. The molecule has 3 rings (SSSR count). The molecule has 0 atom stereocenters. The number of carbonyl (C=O) groups excluding carboxylic acids is 3. The van der Waals surface area contributed by atoms with Crippen LogP contribution in [-0.4, -0.2) is 17.6 Å². The molecule has 0 radical (unpaired) electrons. The Balaban J connectivity index is 1.94. The Kier molecular flexibility index (Phi) is 5.01. The minimum Gasteiger partial charge on any atom is -0.455 e. The highest BCUT2D eigenvalue weighted by molar-refractivity contribution is 6.08. The zero-order chi connectivity index (χ0) is 20.6. The number of furan rings is 1. The highest BCUT2D eigenvalue weighted by Gasteiger charge is 2.35. The summed E-state index contributed by atoms with van der Waals surface area (Å²) >= 11 is 0. The first-order valence-electron chi connectivity index (χ1n) is 8.53. The summed E-state index contributed by atoms with van der Waals surface area (Å²) in [7, 11) is 0. The van der Waals surface area contributed by atoms with Crippen molar-refractivity contribution in [2.45, 2.75) is 39.3 Å². The topological polar surface area (TPSA) is 88.4 Å². The van der Waals surface area contributed by atoms with E-state index in [9.17, 15) is 27.6 Å². The van der Waals surface area contributed by atoms with Gasteiger partial charge in [-0.25, -0.2) is 0 Å². The molecule has 28 heavy (non-hydrogen) atoms. The first kappa shape index (κ1) is 19.7. The molecule has 1 aromatic heterocycles. The first-order valence-corrected chi connectivity index (χ1v) is 8.53. The summed E-state index contributed by atoms with van der Waals surface area (Å²) in [4.78, 5) is 35.7. The summed E-state index contributed by atoms with van der Waals surface area (Å²) in [5, 5.41) is 4.47. The van der Waals surface area contributed by atoms with Crippen LogP contribution in [0, 0.1) is 6.92 Å². The maximum atomic E-state index is 13.4. The van der Waals surface area contributed by atoms with Crippen molar-refractivity contribution >= 4 is 29.0 Å². The Morgan fingerprint density at radius 2 is 1.86 bits per heavy atom. The van der Waals surface area contributed by atoms with E-state index in [0.29, 0.717) is 36.1 Å². The van der Waals surface area contributed by atoms with Gasteiger partial charge in [-0.2, -0.15) is 13.2 Å². The molecule has 0 saturated heterocycles. The maximum absolute atomic E-state index is 13.4. The number of fused-ring (bicyclic) bond motifs is 1. The number of hydrogen-bond donors (Lipinski definition) is 2. The molecular weight excluding hydrogens is 377 g/mol. The number of ketones is 1. The zero-order valence-corrected chi connectivity index (χ0v) is 15.1. The van der Waals surface area contributed by atoms with Gasteiger partial charge in [0.25, 0.3) is 5.91 Å². The average Bonchev–Trinajstić information content (AvgIpc) is 2.93. The predicted molar refractivity (Wildman–Crippen MR) is 94.4 cm³/mol. The van der Waals surface area contributed by atoms with Crippen LogP contribution >= 0.6 is 0 Å². The Labute approximate surface area is 158 Å². The monoisotopic (exact) mass is 394 g/mol. The molecule has 2 N–H and O–H groups in total. The number of aryl methyl sites for hydroxylation is 1. The number of halogens is 3. The summed E-state index contributed by atoms with van der Waals surface area (Å²) < 4.78 is 45.7. The van der Waals surface area contributed by atoms with Gasteiger partial charge in [0, 0.05) is 31.0 Å². The number of amides is 2. The number of carbonyl (C=O) groups is 3. The highest BCUT2D eigenvalue weighted by Crippen LogP contribution is 2.37. The first-order chi connectivity index (χ1) is 13.1. The normalized spacial score (nSPS) is 13.8. The third-order valence-corrected chi connectivity index (χ3v) is 4.41. The molecular formula is C19H17F3N2O4. The van der Waals surface area contributed by atoms with Gasteiger partial charge in [-0.1, -0.05) is 0 Å². The minimum atomic E-state index is -4.76. The fraction of sp³-hybridized carbons (Fsp3) is 0.316. The molecule has 1 aliphatic rings. The zero-order valence-electron chi connectivity index (χ0n) is 15.1. The Morgan fingerprint density at radius 3 is 2.46 bits per heavy atom. The molecule has 0 aliphatic heterocycles. The lowest BCUT2D eigenvalue weighted by Crippen LogP contribution is -2.18. The molecule has 0 fully saturated rings. The van der Waals surface area contributed by atoms with Crippen molar-refractivity contribution in [2.24, 2.45) is 0 Å². The molecule has 1 aliphatic carbocycles. The van der Waals surface area contributed by atoms with Gasteiger partial charge in [0.1, 0.15) is 5.76 Å². The van der Waals surface area contributed by atoms with E-state index in [0.717, 1.165) is 12.1 Å². The summed E-state index contributed by atoms with van der Waals surface area (Å²) in [6, 6.07) is 3.03. The lowest BCUT2D eigenvalue weighted by atomic mass is 9.94. The van der Waals surface area contributed by atoms with Crippen LogP contribution in [0.4, 0.5) is 24.5 Å². The minimum absolute atomic E-state index is 0.0481. The molecule has 0 bridgehead atoms. The van der Waals surface area contributed by atoms with Crippen LogP contribution in [-0.2, 0) is 17.4 Å². The highest BCUT2D eigenvalue weighted by atomic mass is 19.4. The number of benzene rings is 1. The molecule has 148 valence electrons. The van der Waals surface area contributed by atoms with Crippen molar-refractivity contribution in [1.29, 1.82) is 0 Å². The van der Waals surface area contributed by atoms with E-state index in [2.05, 4.69) is 10.6 Å². The second-order valence-corrected chi connectivity index (χ2v) is 6.52. The third-order valence-electron chi connectivity index (χ3n) is 4.41. The Bertz CT molecular complexity index is 976. The molecule has 0 spiro atoms. The summed E-state index contributed by atoms with van der Waals surface area (Å²) in [5.74, 6) is -1.34. The molecule has 0 unspecified atom stereocenters. The van der Waals surface area contributed by atoms with Crippen LogP contribution in [0.1, 0.15) is 57.6 Å². The van der Waals surface area contributed by atoms with Gasteiger partial charge in [-0.3, -0.25) is 14.4 Å². The Morgan fingerprint density at radius 1 is 1.14 bits per heavy atom. The third kappa shape index (κ3) is 3.78. The number of hydrogen-bond acceptors (Lipinski definition) is 4. The van der Waals surface area contributed by atoms with E-state index >= 15 is 0 Å². The van der Waals surface area contributed by atoms with Gasteiger partial charge in [0.15, 0.2) is 11.5 Å². The summed E-state index contributed by atoms with van der Waals surface area (Å²) in [5.41, 5.74) is -0.981. The second kappa shape index (κ2) is 7.14. The SMILES string of the molecule is CC(=O)Nc1ccc(NC(=O)c2oc3c(c2C)C(=O)CCC3)c(C(F)(F)F)c1. The molecule has 1 aromatic carbocycles. The molecule has 9 heteroatoms. The number of nitrogens with one attached hydrogen (secondary N) is 2. The van der Waals surface area contributed by atoms with Gasteiger partial charge in [0.05, 0.1) is 16.8 Å². The van der Waals surface area contributed by atoms with Crippen molar-refractivity contribution in [3.63, 3.8) is 0 Å². The second-order valence-electron chi connectivity index (χ2n) is 6.52. The molecule has 6 nitrogen and oxygen atoms in total. The smallest absolute Gasteiger partial charge is 0.418 e. The fourth-order valence-corrected chi connectivity index (χ4v) is 3.21. The van der Waals surface area contributed by atoms with Crippen molar-refractivity contribution in [1.82, 2.24) is 0 Å². The number of Topliss-reactive ketones (excluding diaryl/α,β-unsaturated/α-hetero) is 1. The summed E-state index contributed by atoms with van der Waals surface area (Å²) in [6.07, 6.45) is -3.32. The number of alkyl halides is 3. The number of rotatable bonds is 3. The van der Waals surface area contributed by atoms with Crippen molar-refractivity contribution in [2.75, 3.05) is 10.6 Å². The van der Waals surface area contributed by atoms with Crippen LogP contribution < -0.4 is 10.6 Å². The lowest BCUT2D eigenvalue weighted by Gasteiger charge is -2.15. The maximum Gasteiger partial charge on any atom is 0.418 e. The van der Waals surface area contributed by atoms with Crippen LogP contribution in [0.3, 0.4) is 0 Å². The average molecular weight is 394 g/mol. The molecule has 1 heterocycles. The van der Waals surface area contributed by atoms with Crippen molar-refractivity contribution in [3.8, 4) is 0 Å². The van der Waals surface area contributed by atoms with E-state index in [1.165, 1.54) is 19.9 Å². The van der Waals surface area contributed by atoms with Crippen LogP contribution in [0.25, 0.3) is 0 Å². The van der Waals surface area contributed by atoms with Gasteiger partial charge >= 0.3 is 6.18 Å². The van der Waals surface area contributed by atoms with Gasteiger partial charge in [-0.15, -0.1) is 0 Å². The van der Waals surface area contributed by atoms with Gasteiger partial charge in [0.2, 0.25) is 5.91 Å².